The topological polar surface area (TPSA) is 42.0 Å². The molecule has 6 heteroatoms. The number of carbonyl (C=O) groups excluding carboxylic acids is 1. The van der Waals surface area contributed by atoms with Crippen molar-refractivity contribution in [2.24, 2.45) is 5.92 Å². The van der Waals surface area contributed by atoms with Gasteiger partial charge >= 0.3 is 0 Å². The summed E-state index contributed by atoms with van der Waals surface area (Å²) in [5.41, 5.74) is 0.959. The molecule has 0 bridgehead atoms. The molecule has 1 atom stereocenters. The maximum Gasteiger partial charge on any atom is 0.227 e. The van der Waals surface area contributed by atoms with Crippen LogP contribution in [-0.4, -0.2) is 60.9 Å². The van der Waals surface area contributed by atoms with E-state index in [9.17, 15) is 9.18 Å². The lowest BCUT2D eigenvalue weighted by atomic mass is 9.96. The van der Waals surface area contributed by atoms with Crippen molar-refractivity contribution in [1.29, 1.82) is 0 Å². The van der Waals surface area contributed by atoms with Crippen LogP contribution in [0, 0.1) is 11.7 Å². The third-order valence-electron chi connectivity index (χ3n) is 5.47. The molecule has 3 aliphatic rings. The van der Waals surface area contributed by atoms with Crippen molar-refractivity contribution >= 4 is 5.91 Å². The molecule has 1 aromatic rings. The van der Waals surface area contributed by atoms with Crippen LogP contribution in [0.4, 0.5) is 4.39 Å². The molecule has 0 aliphatic carbocycles. The smallest absolute Gasteiger partial charge is 0.227 e. The first-order valence-electron chi connectivity index (χ1n) is 9.17. The van der Waals surface area contributed by atoms with E-state index >= 15 is 0 Å². The van der Waals surface area contributed by atoms with E-state index in [1.165, 1.54) is 6.07 Å². The molecule has 0 radical (unpaired) electrons. The number of ether oxygens (including phenoxy) is 2. The van der Waals surface area contributed by atoms with Crippen molar-refractivity contribution in [2.75, 3.05) is 39.4 Å². The average molecular weight is 348 g/mol. The zero-order valence-electron chi connectivity index (χ0n) is 14.5. The van der Waals surface area contributed by atoms with Gasteiger partial charge in [-0.15, -0.1) is 0 Å². The Labute approximate surface area is 147 Å². The molecule has 3 heterocycles. The van der Waals surface area contributed by atoms with Crippen LogP contribution < -0.4 is 0 Å². The fraction of sp³-hybridized carbons (Fsp3) is 0.632. The number of amides is 1. The van der Waals surface area contributed by atoms with Crippen molar-refractivity contribution < 1.29 is 18.7 Å². The molecule has 5 nitrogen and oxygen atoms in total. The first kappa shape index (κ1) is 16.9. The van der Waals surface area contributed by atoms with Crippen molar-refractivity contribution in [3.05, 3.63) is 35.6 Å². The highest BCUT2D eigenvalue weighted by Gasteiger charge is 2.46. The predicted molar refractivity (Wildman–Crippen MR) is 90.2 cm³/mol. The number of hydrogen-bond donors (Lipinski definition) is 0. The summed E-state index contributed by atoms with van der Waals surface area (Å²) in [4.78, 5) is 17.1. The van der Waals surface area contributed by atoms with Crippen LogP contribution in [0.1, 0.15) is 24.8 Å². The van der Waals surface area contributed by atoms with E-state index in [2.05, 4.69) is 4.90 Å². The Balaban J connectivity index is 1.35. The second kappa shape index (κ2) is 7.02. The summed E-state index contributed by atoms with van der Waals surface area (Å²) in [6.07, 6.45) is 2.68. The van der Waals surface area contributed by atoms with Gasteiger partial charge in [-0.05, 0) is 37.1 Å². The van der Waals surface area contributed by atoms with E-state index in [1.54, 1.807) is 12.1 Å². The molecular weight excluding hydrogens is 323 g/mol. The molecule has 1 spiro atoms. The Kier molecular flexibility index (Phi) is 4.75. The quantitative estimate of drug-likeness (QED) is 0.838. The van der Waals surface area contributed by atoms with Gasteiger partial charge in [-0.25, -0.2) is 4.39 Å². The van der Waals surface area contributed by atoms with Gasteiger partial charge in [-0.2, -0.15) is 0 Å². The molecule has 1 amide bonds. The van der Waals surface area contributed by atoms with Gasteiger partial charge in [-0.3, -0.25) is 9.69 Å². The monoisotopic (exact) mass is 348 g/mol. The van der Waals surface area contributed by atoms with E-state index in [0.29, 0.717) is 32.8 Å². The van der Waals surface area contributed by atoms with Crippen LogP contribution in [0.2, 0.25) is 0 Å². The number of nitrogens with zero attached hydrogens (tertiary/aromatic N) is 2. The van der Waals surface area contributed by atoms with Crippen LogP contribution in [0.15, 0.2) is 24.3 Å². The fourth-order valence-electron chi connectivity index (χ4n) is 4.23. The van der Waals surface area contributed by atoms with Gasteiger partial charge in [0.25, 0.3) is 0 Å². The Morgan fingerprint density at radius 3 is 2.92 bits per heavy atom. The zero-order valence-corrected chi connectivity index (χ0v) is 14.5. The molecule has 136 valence electrons. The van der Waals surface area contributed by atoms with Crippen molar-refractivity contribution in [3.63, 3.8) is 0 Å². The minimum atomic E-state index is -0.550. The summed E-state index contributed by atoms with van der Waals surface area (Å²) < 4.78 is 24.8. The van der Waals surface area contributed by atoms with Crippen LogP contribution >= 0.6 is 0 Å². The van der Waals surface area contributed by atoms with E-state index in [4.69, 9.17) is 9.47 Å². The maximum absolute atomic E-state index is 13.4. The molecule has 25 heavy (non-hydrogen) atoms. The number of piperidine rings is 1. The lowest BCUT2D eigenvalue weighted by Gasteiger charge is -2.34. The summed E-state index contributed by atoms with van der Waals surface area (Å²) in [5.74, 6) is -0.536. The molecule has 1 unspecified atom stereocenters. The minimum Gasteiger partial charge on any atom is -0.346 e. The number of carbonyl (C=O) groups is 1. The highest BCUT2D eigenvalue weighted by Crippen LogP contribution is 2.32. The minimum absolute atomic E-state index is 0.0128. The van der Waals surface area contributed by atoms with Crippen molar-refractivity contribution in [1.82, 2.24) is 9.80 Å². The number of benzene rings is 1. The van der Waals surface area contributed by atoms with E-state index in [-0.39, 0.29) is 17.6 Å². The van der Waals surface area contributed by atoms with Crippen LogP contribution in [0.5, 0.6) is 0 Å². The Hall–Kier alpha value is -1.50. The average Bonchev–Trinajstić information content (AvgIpc) is 3.25. The Morgan fingerprint density at radius 2 is 2.12 bits per heavy atom. The number of rotatable bonds is 3. The molecule has 0 aromatic heterocycles. The van der Waals surface area contributed by atoms with Crippen LogP contribution in [-0.2, 0) is 20.8 Å². The largest absolute Gasteiger partial charge is 0.346 e. The van der Waals surface area contributed by atoms with Gasteiger partial charge in [0.1, 0.15) is 5.82 Å². The van der Waals surface area contributed by atoms with E-state index < -0.39 is 5.79 Å². The molecule has 3 aliphatic heterocycles. The first-order chi connectivity index (χ1) is 12.1. The first-order valence-corrected chi connectivity index (χ1v) is 9.17. The summed E-state index contributed by atoms with van der Waals surface area (Å²) in [6, 6.07) is 6.71. The van der Waals surface area contributed by atoms with E-state index in [1.807, 2.05) is 11.0 Å². The highest BCUT2D eigenvalue weighted by atomic mass is 19.1. The predicted octanol–water partition coefficient (Wildman–Crippen LogP) is 2.01. The normalized spacial score (nSPS) is 26.4. The molecule has 1 aromatic carbocycles. The van der Waals surface area contributed by atoms with Gasteiger partial charge in [0.2, 0.25) is 5.91 Å². The summed E-state index contributed by atoms with van der Waals surface area (Å²) in [6.45, 7) is 4.87. The SMILES string of the molecule is O=C(C1CCCN(Cc2cccc(F)c2)C1)N1CCC2(C1)OCCO2. The third-order valence-corrected chi connectivity index (χ3v) is 5.47. The van der Waals surface area contributed by atoms with E-state index in [0.717, 1.165) is 37.9 Å². The Bertz CT molecular complexity index is 633. The molecule has 4 rings (SSSR count). The standard InChI is InChI=1S/C19H25FN2O3/c20-17-5-1-3-15(11-17)12-21-7-2-4-16(13-21)18(23)22-8-6-19(14-22)24-9-10-25-19/h1,3,5,11,16H,2,4,6-10,12-14H2. The third kappa shape index (κ3) is 3.71. The lowest BCUT2D eigenvalue weighted by Crippen LogP contribution is -2.45. The lowest BCUT2D eigenvalue weighted by molar-refractivity contribution is -0.155. The molecular formula is C19H25FN2O3. The summed E-state index contributed by atoms with van der Waals surface area (Å²) in [7, 11) is 0. The number of halogens is 1. The van der Waals surface area contributed by atoms with Gasteiger partial charge in [0.05, 0.1) is 25.7 Å². The van der Waals surface area contributed by atoms with Gasteiger partial charge in [0, 0.05) is 26.1 Å². The summed E-state index contributed by atoms with van der Waals surface area (Å²) >= 11 is 0. The van der Waals surface area contributed by atoms with Crippen LogP contribution in [0.3, 0.4) is 0 Å². The molecule has 0 N–H and O–H groups in total. The number of likely N-dealkylation sites (tertiary alicyclic amines) is 2. The van der Waals surface area contributed by atoms with Gasteiger partial charge < -0.3 is 14.4 Å². The van der Waals surface area contributed by atoms with Crippen molar-refractivity contribution in [2.45, 2.75) is 31.6 Å². The summed E-state index contributed by atoms with van der Waals surface area (Å²) in [5, 5.41) is 0. The molecule has 0 saturated carbocycles. The molecule has 3 saturated heterocycles. The fourth-order valence-corrected chi connectivity index (χ4v) is 4.23. The van der Waals surface area contributed by atoms with Crippen molar-refractivity contribution in [3.8, 4) is 0 Å². The Morgan fingerprint density at radius 1 is 1.28 bits per heavy atom. The highest BCUT2D eigenvalue weighted by molar-refractivity contribution is 5.79. The second-order valence-electron chi connectivity index (χ2n) is 7.32. The van der Waals surface area contributed by atoms with Gasteiger partial charge in [-0.1, -0.05) is 12.1 Å². The number of hydrogen-bond acceptors (Lipinski definition) is 4. The maximum atomic E-state index is 13.4. The molecule has 3 fully saturated rings. The van der Waals surface area contributed by atoms with Crippen LogP contribution in [0.25, 0.3) is 0 Å². The second-order valence-corrected chi connectivity index (χ2v) is 7.32. The van der Waals surface area contributed by atoms with Gasteiger partial charge in [0.15, 0.2) is 5.79 Å². The zero-order chi connectivity index (χ0) is 17.3.